The van der Waals surface area contributed by atoms with Crippen molar-refractivity contribution in [1.82, 2.24) is 0 Å². The summed E-state index contributed by atoms with van der Waals surface area (Å²) >= 11 is 15.3. The number of hydrogen-bond donors (Lipinski definition) is 0. The Kier molecular flexibility index (Phi) is 5.67. The number of fused-ring (bicyclic) bond motifs is 1. The monoisotopic (exact) mass is 441 g/mol. The maximum absolute atomic E-state index is 12.1. The van der Waals surface area contributed by atoms with Crippen molar-refractivity contribution in [1.29, 1.82) is 0 Å². The normalized spacial score (nSPS) is 13.3. The summed E-state index contributed by atoms with van der Waals surface area (Å²) in [6.45, 7) is 0.912. The third kappa shape index (κ3) is 3.84. The molecule has 1 aliphatic rings. The van der Waals surface area contributed by atoms with Gasteiger partial charge in [-0.3, -0.25) is 9.59 Å². The fraction of sp³-hybridized carbons (Fsp3) is 0.222. The third-order valence-corrected chi connectivity index (χ3v) is 5.18. The van der Waals surface area contributed by atoms with Crippen molar-refractivity contribution >= 4 is 56.5 Å². The first-order chi connectivity index (χ1) is 12.0. The Morgan fingerprint density at radius 1 is 1.08 bits per heavy atom. The van der Waals surface area contributed by atoms with E-state index < -0.39 is 11.7 Å². The van der Waals surface area contributed by atoms with E-state index in [2.05, 4.69) is 15.9 Å². The molecule has 1 heterocycles. The number of ether oxygens (including phenoxy) is 1. The highest BCUT2D eigenvalue weighted by molar-refractivity contribution is 9.10. The molecule has 0 N–H and O–H groups in total. The van der Waals surface area contributed by atoms with Gasteiger partial charge in [-0.15, -0.1) is 0 Å². The first-order valence-electron chi connectivity index (χ1n) is 7.71. The van der Waals surface area contributed by atoms with Crippen molar-refractivity contribution in [3.8, 4) is 5.75 Å². The summed E-state index contributed by atoms with van der Waals surface area (Å²) in [6, 6.07) is 10.5. The maximum Gasteiger partial charge on any atom is 0.299 e. The van der Waals surface area contributed by atoms with E-state index in [1.54, 1.807) is 30.3 Å². The minimum absolute atomic E-state index is 0.393. The Morgan fingerprint density at radius 3 is 2.68 bits per heavy atom. The Morgan fingerprint density at radius 2 is 1.88 bits per heavy atom. The standard InChI is InChI=1S/C18H14BrCl2NO3/c19-11-6-7-14-12(10-11)17(23)18(24)22(14)8-1-2-9-25-15-5-3-4-13(20)16(15)21/h3-7,10H,1-2,8-9H2. The molecule has 1 amide bonds. The molecule has 0 spiro atoms. The lowest BCUT2D eigenvalue weighted by molar-refractivity contribution is -0.114. The van der Waals surface area contributed by atoms with Crippen LogP contribution in [0.15, 0.2) is 40.9 Å². The lowest BCUT2D eigenvalue weighted by atomic mass is 10.1. The molecule has 0 bridgehead atoms. The second kappa shape index (κ2) is 7.77. The van der Waals surface area contributed by atoms with E-state index in [9.17, 15) is 9.59 Å². The average Bonchev–Trinajstić information content (AvgIpc) is 2.82. The molecule has 0 unspecified atom stereocenters. The van der Waals surface area contributed by atoms with Gasteiger partial charge >= 0.3 is 0 Å². The highest BCUT2D eigenvalue weighted by Gasteiger charge is 2.35. The van der Waals surface area contributed by atoms with Crippen molar-refractivity contribution in [3.63, 3.8) is 0 Å². The fourth-order valence-electron chi connectivity index (χ4n) is 2.64. The summed E-state index contributed by atoms with van der Waals surface area (Å²) in [5, 5.41) is 0.840. The van der Waals surface area contributed by atoms with Crippen LogP contribution in [0.1, 0.15) is 23.2 Å². The summed E-state index contributed by atoms with van der Waals surface area (Å²) in [6.07, 6.45) is 1.42. The quantitative estimate of drug-likeness (QED) is 0.459. The molecule has 130 valence electrons. The number of carbonyl (C=O) groups excluding carboxylic acids is 2. The highest BCUT2D eigenvalue weighted by Crippen LogP contribution is 2.32. The van der Waals surface area contributed by atoms with Gasteiger partial charge in [0, 0.05) is 11.0 Å². The van der Waals surface area contributed by atoms with E-state index in [1.807, 2.05) is 6.07 Å². The molecule has 7 heteroatoms. The van der Waals surface area contributed by atoms with Crippen LogP contribution in [0.4, 0.5) is 5.69 Å². The van der Waals surface area contributed by atoms with Gasteiger partial charge in [-0.1, -0.05) is 45.2 Å². The van der Waals surface area contributed by atoms with Gasteiger partial charge in [-0.25, -0.2) is 0 Å². The minimum Gasteiger partial charge on any atom is -0.492 e. The Labute approximate surface area is 163 Å². The van der Waals surface area contributed by atoms with Crippen molar-refractivity contribution in [2.24, 2.45) is 0 Å². The molecule has 25 heavy (non-hydrogen) atoms. The summed E-state index contributed by atoms with van der Waals surface area (Å²) in [7, 11) is 0. The number of rotatable bonds is 6. The lowest BCUT2D eigenvalue weighted by Gasteiger charge is -2.16. The molecular weight excluding hydrogens is 429 g/mol. The summed E-state index contributed by atoms with van der Waals surface area (Å²) in [4.78, 5) is 25.7. The molecule has 3 rings (SSSR count). The SMILES string of the molecule is O=C1C(=O)N(CCCCOc2cccc(Cl)c2Cl)c2ccc(Br)cc21. The molecule has 2 aromatic rings. The number of Topliss-reactive ketones (excluding diaryl/α,β-unsaturated/α-hetero) is 1. The number of benzene rings is 2. The number of anilines is 1. The first kappa shape index (κ1) is 18.2. The van der Waals surface area contributed by atoms with Crippen LogP contribution >= 0.6 is 39.1 Å². The Bertz CT molecular complexity index is 841. The van der Waals surface area contributed by atoms with E-state index in [1.165, 1.54) is 4.90 Å². The largest absolute Gasteiger partial charge is 0.492 e. The second-order valence-corrected chi connectivity index (χ2v) is 7.26. The molecule has 0 fully saturated rings. The van der Waals surface area contributed by atoms with Crippen LogP contribution in [-0.4, -0.2) is 24.8 Å². The molecule has 0 atom stereocenters. The van der Waals surface area contributed by atoms with Gasteiger partial charge in [0.25, 0.3) is 11.7 Å². The number of hydrogen-bond acceptors (Lipinski definition) is 3. The number of unbranched alkanes of at least 4 members (excludes halogenated alkanes) is 1. The van der Waals surface area contributed by atoms with Crippen molar-refractivity contribution in [2.75, 3.05) is 18.1 Å². The van der Waals surface area contributed by atoms with Crippen molar-refractivity contribution in [3.05, 3.63) is 56.5 Å². The van der Waals surface area contributed by atoms with E-state index in [4.69, 9.17) is 27.9 Å². The summed E-state index contributed by atoms with van der Waals surface area (Å²) < 4.78 is 6.40. The van der Waals surface area contributed by atoms with E-state index in [0.717, 1.165) is 4.47 Å². The maximum atomic E-state index is 12.1. The van der Waals surface area contributed by atoms with E-state index in [-0.39, 0.29) is 0 Å². The number of ketones is 1. The first-order valence-corrected chi connectivity index (χ1v) is 9.26. The van der Waals surface area contributed by atoms with Gasteiger partial charge < -0.3 is 9.64 Å². The zero-order valence-electron chi connectivity index (χ0n) is 13.1. The number of nitrogens with zero attached hydrogens (tertiary/aromatic N) is 1. The van der Waals surface area contributed by atoms with Crippen LogP contribution in [-0.2, 0) is 4.79 Å². The number of halogens is 3. The third-order valence-electron chi connectivity index (χ3n) is 3.88. The molecule has 1 aliphatic heterocycles. The van der Waals surface area contributed by atoms with Crippen LogP contribution in [0.5, 0.6) is 5.75 Å². The highest BCUT2D eigenvalue weighted by atomic mass is 79.9. The van der Waals surface area contributed by atoms with Crippen LogP contribution in [0.3, 0.4) is 0 Å². The molecule has 0 radical (unpaired) electrons. The van der Waals surface area contributed by atoms with Gasteiger partial charge in [-0.2, -0.15) is 0 Å². The topological polar surface area (TPSA) is 46.6 Å². The van der Waals surface area contributed by atoms with Crippen LogP contribution in [0, 0.1) is 0 Å². The zero-order chi connectivity index (χ0) is 18.0. The van der Waals surface area contributed by atoms with Crippen LogP contribution < -0.4 is 9.64 Å². The van der Waals surface area contributed by atoms with Crippen LogP contribution in [0.2, 0.25) is 10.0 Å². The molecule has 0 saturated heterocycles. The van der Waals surface area contributed by atoms with E-state index in [0.29, 0.717) is 53.0 Å². The van der Waals surface area contributed by atoms with E-state index >= 15 is 0 Å². The summed E-state index contributed by atoms with van der Waals surface area (Å²) in [5.74, 6) is -0.401. The van der Waals surface area contributed by atoms with Gasteiger partial charge in [0.15, 0.2) is 0 Å². The predicted octanol–water partition coefficient (Wildman–Crippen LogP) is 5.14. The molecule has 2 aromatic carbocycles. The van der Waals surface area contributed by atoms with Gasteiger partial charge in [0.1, 0.15) is 10.8 Å². The van der Waals surface area contributed by atoms with Crippen LogP contribution in [0.25, 0.3) is 0 Å². The smallest absolute Gasteiger partial charge is 0.299 e. The molecular formula is C18H14BrCl2NO3. The summed E-state index contributed by atoms with van der Waals surface area (Å²) in [5.41, 5.74) is 1.11. The second-order valence-electron chi connectivity index (χ2n) is 5.55. The van der Waals surface area contributed by atoms with Gasteiger partial charge in [-0.05, 0) is 43.2 Å². The van der Waals surface area contributed by atoms with Crippen molar-refractivity contribution in [2.45, 2.75) is 12.8 Å². The number of carbonyl (C=O) groups is 2. The Hall–Kier alpha value is -1.56. The predicted molar refractivity (Wildman–Crippen MR) is 102 cm³/mol. The van der Waals surface area contributed by atoms with Gasteiger partial charge in [0.2, 0.25) is 0 Å². The molecule has 0 saturated carbocycles. The minimum atomic E-state index is -0.480. The molecule has 4 nitrogen and oxygen atoms in total. The number of amides is 1. The molecule has 0 aliphatic carbocycles. The molecule has 0 aromatic heterocycles. The van der Waals surface area contributed by atoms with Gasteiger partial charge in [0.05, 0.1) is 22.9 Å². The Balaban J connectivity index is 1.54. The van der Waals surface area contributed by atoms with Crippen molar-refractivity contribution < 1.29 is 14.3 Å². The fourth-order valence-corrected chi connectivity index (χ4v) is 3.35. The lowest BCUT2D eigenvalue weighted by Crippen LogP contribution is -2.30. The zero-order valence-corrected chi connectivity index (χ0v) is 16.2. The average molecular weight is 443 g/mol.